The number of anilines is 1. The molecule has 0 saturated carbocycles. The molecule has 144 valence electrons. The number of methoxy groups -OCH3 is 1. The molecular formula is C19H23N3O5. The number of ether oxygens (including phenoxy) is 1. The van der Waals surface area contributed by atoms with E-state index in [4.69, 9.17) is 4.74 Å². The van der Waals surface area contributed by atoms with Crippen molar-refractivity contribution in [2.24, 2.45) is 0 Å². The van der Waals surface area contributed by atoms with Crippen LogP contribution in [0.2, 0.25) is 0 Å². The molecule has 8 nitrogen and oxygen atoms in total. The van der Waals surface area contributed by atoms with Crippen molar-refractivity contribution in [1.29, 1.82) is 0 Å². The van der Waals surface area contributed by atoms with Crippen molar-refractivity contribution >= 4 is 17.3 Å². The third kappa shape index (κ3) is 5.68. The SMILES string of the molecule is COc1cc([N+](=O)[O-])ccc1NC(=O)CN(C)C(C)Cc1ccc(O)cc1. The number of nitrogens with zero attached hydrogens (tertiary/aromatic N) is 2. The Morgan fingerprint density at radius 3 is 2.56 bits per heavy atom. The highest BCUT2D eigenvalue weighted by atomic mass is 16.6. The summed E-state index contributed by atoms with van der Waals surface area (Å²) in [4.78, 5) is 24.6. The van der Waals surface area contributed by atoms with Gasteiger partial charge in [0.15, 0.2) is 0 Å². The molecule has 0 saturated heterocycles. The fourth-order valence-corrected chi connectivity index (χ4v) is 2.60. The Balaban J connectivity index is 1.96. The number of phenols is 1. The number of non-ortho nitro benzene ring substituents is 1. The van der Waals surface area contributed by atoms with Crippen LogP contribution in [0.1, 0.15) is 12.5 Å². The van der Waals surface area contributed by atoms with Gasteiger partial charge in [-0.15, -0.1) is 0 Å². The van der Waals surface area contributed by atoms with Crippen LogP contribution in [-0.2, 0) is 11.2 Å². The number of nitrogens with one attached hydrogen (secondary N) is 1. The minimum absolute atomic E-state index is 0.0963. The first-order valence-electron chi connectivity index (χ1n) is 8.40. The predicted molar refractivity (Wildman–Crippen MR) is 102 cm³/mol. The van der Waals surface area contributed by atoms with Crippen LogP contribution in [0.25, 0.3) is 0 Å². The lowest BCUT2D eigenvalue weighted by atomic mass is 10.1. The maximum atomic E-state index is 12.3. The standard InChI is InChI=1S/C19H23N3O5/c1-13(10-14-4-7-16(23)8-5-14)21(2)12-19(24)20-17-9-6-15(22(25)26)11-18(17)27-3/h4-9,11,13,23H,10,12H2,1-3H3,(H,20,24). The monoisotopic (exact) mass is 373 g/mol. The van der Waals surface area contributed by atoms with E-state index in [9.17, 15) is 20.0 Å². The number of carbonyl (C=O) groups is 1. The van der Waals surface area contributed by atoms with Gasteiger partial charge in [0.2, 0.25) is 5.91 Å². The van der Waals surface area contributed by atoms with E-state index in [1.807, 2.05) is 31.0 Å². The quantitative estimate of drug-likeness (QED) is 0.545. The molecule has 0 spiro atoms. The second-order valence-corrected chi connectivity index (χ2v) is 6.32. The molecule has 0 aromatic heterocycles. The van der Waals surface area contributed by atoms with Crippen molar-refractivity contribution in [1.82, 2.24) is 4.90 Å². The normalized spacial score (nSPS) is 11.9. The number of likely N-dealkylation sites (N-methyl/N-ethyl adjacent to an activating group) is 1. The van der Waals surface area contributed by atoms with Crippen molar-refractivity contribution < 1.29 is 19.6 Å². The van der Waals surface area contributed by atoms with Gasteiger partial charge in [0.1, 0.15) is 11.5 Å². The lowest BCUT2D eigenvalue weighted by molar-refractivity contribution is -0.384. The van der Waals surface area contributed by atoms with E-state index in [1.165, 1.54) is 25.3 Å². The second-order valence-electron chi connectivity index (χ2n) is 6.32. The molecule has 1 amide bonds. The lowest BCUT2D eigenvalue weighted by Crippen LogP contribution is -2.37. The molecule has 0 heterocycles. The number of nitro groups is 1. The van der Waals surface area contributed by atoms with Crippen LogP contribution in [0.15, 0.2) is 42.5 Å². The average Bonchev–Trinajstić information content (AvgIpc) is 2.63. The van der Waals surface area contributed by atoms with Crippen LogP contribution in [0.5, 0.6) is 11.5 Å². The summed E-state index contributed by atoms with van der Waals surface area (Å²) in [6, 6.07) is 11.1. The molecule has 8 heteroatoms. The minimum atomic E-state index is -0.521. The summed E-state index contributed by atoms with van der Waals surface area (Å²) >= 11 is 0. The summed E-state index contributed by atoms with van der Waals surface area (Å²) in [6.07, 6.45) is 0.727. The van der Waals surface area contributed by atoms with E-state index < -0.39 is 4.92 Å². The van der Waals surface area contributed by atoms with Gasteiger partial charge in [0.05, 0.1) is 30.3 Å². The summed E-state index contributed by atoms with van der Waals surface area (Å²) in [5.74, 6) is 0.204. The minimum Gasteiger partial charge on any atom is -0.508 e. The Bertz CT molecular complexity index is 807. The maximum Gasteiger partial charge on any atom is 0.273 e. The van der Waals surface area contributed by atoms with E-state index in [-0.39, 0.29) is 35.7 Å². The van der Waals surface area contributed by atoms with Gasteiger partial charge in [-0.3, -0.25) is 19.8 Å². The van der Waals surface area contributed by atoms with Crippen LogP contribution < -0.4 is 10.1 Å². The lowest BCUT2D eigenvalue weighted by Gasteiger charge is -2.24. The van der Waals surface area contributed by atoms with Gasteiger partial charge in [-0.05, 0) is 44.2 Å². The summed E-state index contributed by atoms with van der Waals surface area (Å²) in [5, 5.41) is 22.9. The fraction of sp³-hybridized carbons (Fsp3) is 0.316. The number of carbonyl (C=O) groups excluding carboxylic acids is 1. The largest absolute Gasteiger partial charge is 0.508 e. The van der Waals surface area contributed by atoms with Gasteiger partial charge in [-0.25, -0.2) is 0 Å². The van der Waals surface area contributed by atoms with Crippen LogP contribution in [0.3, 0.4) is 0 Å². The molecule has 0 aliphatic heterocycles. The smallest absolute Gasteiger partial charge is 0.273 e. The Kier molecular flexibility index (Phi) is 6.73. The number of nitro benzene ring substituents is 1. The third-order valence-corrected chi connectivity index (χ3v) is 4.28. The molecule has 27 heavy (non-hydrogen) atoms. The Morgan fingerprint density at radius 1 is 1.30 bits per heavy atom. The molecule has 1 atom stereocenters. The van der Waals surface area contributed by atoms with Crippen molar-refractivity contribution in [2.75, 3.05) is 26.0 Å². The van der Waals surface area contributed by atoms with Crippen molar-refractivity contribution in [3.05, 3.63) is 58.1 Å². The molecule has 2 aromatic carbocycles. The molecule has 2 N–H and O–H groups in total. The first kappa shape index (κ1) is 20.2. The third-order valence-electron chi connectivity index (χ3n) is 4.28. The number of hydrogen-bond acceptors (Lipinski definition) is 6. The van der Waals surface area contributed by atoms with Gasteiger partial charge in [0, 0.05) is 12.1 Å². The van der Waals surface area contributed by atoms with Crippen LogP contribution in [0, 0.1) is 10.1 Å². The average molecular weight is 373 g/mol. The Labute approximate surface area is 157 Å². The van der Waals surface area contributed by atoms with Crippen LogP contribution in [0.4, 0.5) is 11.4 Å². The van der Waals surface area contributed by atoms with E-state index in [2.05, 4.69) is 5.32 Å². The fourth-order valence-electron chi connectivity index (χ4n) is 2.60. The van der Waals surface area contributed by atoms with Gasteiger partial charge in [-0.1, -0.05) is 12.1 Å². The first-order chi connectivity index (χ1) is 12.8. The maximum absolute atomic E-state index is 12.3. The topological polar surface area (TPSA) is 105 Å². The highest BCUT2D eigenvalue weighted by Crippen LogP contribution is 2.29. The molecule has 0 bridgehead atoms. The second kappa shape index (κ2) is 9.00. The Morgan fingerprint density at radius 2 is 1.96 bits per heavy atom. The van der Waals surface area contributed by atoms with E-state index >= 15 is 0 Å². The highest BCUT2D eigenvalue weighted by molar-refractivity contribution is 5.93. The number of benzene rings is 2. The molecule has 0 fully saturated rings. The van der Waals surface area contributed by atoms with Gasteiger partial charge < -0.3 is 15.2 Å². The highest BCUT2D eigenvalue weighted by Gasteiger charge is 2.17. The summed E-state index contributed by atoms with van der Waals surface area (Å²) in [5.41, 5.74) is 1.33. The molecule has 2 rings (SSSR count). The molecule has 0 aliphatic carbocycles. The molecule has 1 unspecified atom stereocenters. The zero-order valence-corrected chi connectivity index (χ0v) is 15.5. The van der Waals surface area contributed by atoms with Crippen molar-refractivity contribution in [2.45, 2.75) is 19.4 Å². The summed E-state index contributed by atoms with van der Waals surface area (Å²) < 4.78 is 5.12. The van der Waals surface area contributed by atoms with Gasteiger partial charge in [-0.2, -0.15) is 0 Å². The molecule has 0 radical (unpaired) electrons. The zero-order valence-electron chi connectivity index (χ0n) is 15.5. The van der Waals surface area contributed by atoms with Crippen molar-refractivity contribution in [3.8, 4) is 11.5 Å². The van der Waals surface area contributed by atoms with Crippen LogP contribution in [-0.4, -0.2) is 47.6 Å². The summed E-state index contributed by atoms with van der Waals surface area (Å²) in [7, 11) is 3.23. The van der Waals surface area contributed by atoms with E-state index in [0.717, 1.165) is 12.0 Å². The van der Waals surface area contributed by atoms with Crippen LogP contribution >= 0.6 is 0 Å². The Hall–Kier alpha value is -3.13. The van der Waals surface area contributed by atoms with Crippen molar-refractivity contribution in [3.63, 3.8) is 0 Å². The summed E-state index contributed by atoms with van der Waals surface area (Å²) in [6.45, 7) is 2.16. The van der Waals surface area contributed by atoms with Gasteiger partial charge in [0.25, 0.3) is 5.69 Å². The zero-order chi connectivity index (χ0) is 20.0. The number of amides is 1. The molecular weight excluding hydrogens is 350 g/mol. The number of aromatic hydroxyl groups is 1. The van der Waals surface area contributed by atoms with E-state index in [0.29, 0.717) is 5.69 Å². The molecule has 2 aromatic rings. The number of phenolic OH excluding ortho intramolecular Hbond substituents is 1. The van der Waals surface area contributed by atoms with Gasteiger partial charge >= 0.3 is 0 Å². The molecule has 0 aliphatic rings. The van der Waals surface area contributed by atoms with E-state index in [1.54, 1.807) is 12.1 Å². The predicted octanol–water partition coefficient (Wildman–Crippen LogP) is 2.81. The first-order valence-corrected chi connectivity index (χ1v) is 8.40. The number of rotatable bonds is 8. The number of hydrogen-bond donors (Lipinski definition) is 2.